The number of hydrogen-bond acceptors (Lipinski definition) is 1. The van der Waals surface area contributed by atoms with Crippen LogP contribution in [0.15, 0.2) is 0 Å². The van der Waals surface area contributed by atoms with Crippen LogP contribution in [0, 0.1) is 17.8 Å². The first-order chi connectivity index (χ1) is 7.52. The second kappa shape index (κ2) is 6.48. The van der Waals surface area contributed by atoms with Crippen molar-refractivity contribution in [2.45, 2.75) is 51.8 Å². The van der Waals surface area contributed by atoms with Crippen molar-refractivity contribution < 1.29 is 4.79 Å². The van der Waals surface area contributed by atoms with Gasteiger partial charge in [-0.3, -0.25) is 4.79 Å². The Morgan fingerprint density at radius 3 is 2.50 bits per heavy atom. The van der Waals surface area contributed by atoms with Crippen LogP contribution in [-0.2, 0) is 4.79 Å². The van der Waals surface area contributed by atoms with Crippen molar-refractivity contribution in [2.75, 3.05) is 6.54 Å². The van der Waals surface area contributed by atoms with Crippen LogP contribution >= 0.6 is 11.6 Å². The first-order valence-corrected chi connectivity index (χ1v) is 6.87. The molecule has 1 amide bonds. The van der Waals surface area contributed by atoms with Gasteiger partial charge in [-0.2, -0.15) is 0 Å². The smallest absolute Gasteiger partial charge is 0.223 e. The van der Waals surface area contributed by atoms with Gasteiger partial charge >= 0.3 is 0 Å². The molecule has 0 aromatic heterocycles. The zero-order chi connectivity index (χ0) is 12.1. The fourth-order valence-corrected chi connectivity index (χ4v) is 2.46. The largest absolute Gasteiger partial charge is 0.356 e. The Morgan fingerprint density at radius 2 is 1.94 bits per heavy atom. The highest BCUT2D eigenvalue weighted by molar-refractivity contribution is 6.20. The molecule has 1 N–H and O–H groups in total. The predicted octanol–water partition coefficient (Wildman–Crippen LogP) is 3.19. The fourth-order valence-electron chi connectivity index (χ4n) is 2.09. The van der Waals surface area contributed by atoms with E-state index < -0.39 is 0 Å². The van der Waals surface area contributed by atoms with Crippen LogP contribution < -0.4 is 5.32 Å². The van der Waals surface area contributed by atoms with Crippen molar-refractivity contribution in [3.8, 4) is 0 Å². The number of alkyl halides is 1. The average molecular weight is 246 g/mol. The lowest BCUT2D eigenvalue weighted by atomic mass is 9.88. The summed E-state index contributed by atoms with van der Waals surface area (Å²) in [6.45, 7) is 6.90. The molecule has 1 rings (SSSR count). The normalized spacial score (nSPS) is 27.8. The fraction of sp³-hybridized carbons (Fsp3) is 0.923. The molecule has 1 saturated carbocycles. The first kappa shape index (κ1) is 13.8. The summed E-state index contributed by atoms with van der Waals surface area (Å²) in [6.07, 6.45) is 4.75. The summed E-state index contributed by atoms with van der Waals surface area (Å²) in [6, 6.07) is 0. The van der Waals surface area contributed by atoms with E-state index in [1.165, 1.54) is 12.8 Å². The van der Waals surface area contributed by atoms with Gasteiger partial charge in [-0.1, -0.05) is 33.6 Å². The standard InChI is InChI=1S/C13H24ClNO/c1-9(2)10(3)13(16)15-8-11-6-4-5-7-12(11)14/h9-12H,4-8H2,1-3H3,(H,15,16). The minimum Gasteiger partial charge on any atom is -0.356 e. The monoisotopic (exact) mass is 245 g/mol. The number of carbonyl (C=O) groups is 1. The summed E-state index contributed by atoms with van der Waals surface area (Å²) in [5, 5.41) is 3.29. The lowest BCUT2D eigenvalue weighted by Gasteiger charge is -2.27. The SMILES string of the molecule is CC(C)C(C)C(=O)NCC1CCCCC1Cl. The maximum absolute atomic E-state index is 11.8. The molecule has 0 bridgehead atoms. The Labute approximate surface area is 104 Å². The van der Waals surface area contributed by atoms with Gasteiger partial charge in [0.15, 0.2) is 0 Å². The molecule has 0 aromatic carbocycles. The summed E-state index contributed by atoms with van der Waals surface area (Å²) >= 11 is 6.26. The molecule has 0 saturated heterocycles. The van der Waals surface area contributed by atoms with E-state index in [4.69, 9.17) is 11.6 Å². The van der Waals surface area contributed by atoms with Gasteiger partial charge in [0, 0.05) is 17.8 Å². The predicted molar refractivity (Wildman–Crippen MR) is 68.6 cm³/mol. The minimum atomic E-state index is 0.0948. The number of rotatable bonds is 4. The van der Waals surface area contributed by atoms with Crippen molar-refractivity contribution in [2.24, 2.45) is 17.8 Å². The number of hydrogen-bond donors (Lipinski definition) is 1. The Balaban J connectivity index is 2.30. The van der Waals surface area contributed by atoms with Gasteiger partial charge in [-0.05, 0) is 24.7 Å². The summed E-state index contributed by atoms with van der Waals surface area (Å²) in [4.78, 5) is 11.8. The van der Waals surface area contributed by atoms with Crippen LogP contribution in [0.5, 0.6) is 0 Å². The van der Waals surface area contributed by atoms with E-state index in [-0.39, 0.29) is 17.2 Å². The Kier molecular flexibility index (Phi) is 5.60. The van der Waals surface area contributed by atoms with E-state index in [9.17, 15) is 4.79 Å². The maximum atomic E-state index is 11.8. The van der Waals surface area contributed by atoms with Gasteiger partial charge in [-0.15, -0.1) is 11.6 Å². The molecule has 2 nitrogen and oxygen atoms in total. The van der Waals surface area contributed by atoms with Gasteiger partial charge in [0.2, 0.25) is 5.91 Å². The number of nitrogens with one attached hydrogen (secondary N) is 1. The Hall–Kier alpha value is -0.240. The molecule has 3 atom stereocenters. The summed E-state index contributed by atoms with van der Waals surface area (Å²) in [7, 11) is 0. The zero-order valence-electron chi connectivity index (χ0n) is 10.6. The van der Waals surface area contributed by atoms with Gasteiger partial charge in [0.25, 0.3) is 0 Å². The lowest BCUT2D eigenvalue weighted by Crippen LogP contribution is -2.38. The van der Waals surface area contributed by atoms with E-state index in [1.54, 1.807) is 0 Å². The van der Waals surface area contributed by atoms with Gasteiger partial charge in [-0.25, -0.2) is 0 Å². The van der Waals surface area contributed by atoms with Crippen LogP contribution in [0.25, 0.3) is 0 Å². The maximum Gasteiger partial charge on any atom is 0.223 e. The molecule has 94 valence electrons. The molecule has 1 aliphatic carbocycles. The van der Waals surface area contributed by atoms with E-state index in [0.29, 0.717) is 11.8 Å². The molecule has 0 aromatic rings. The molecule has 1 aliphatic rings. The van der Waals surface area contributed by atoms with Crippen LogP contribution in [0.2, 0.25) is 0 Å². The van der Waals surface area contributed by atoms with E-state index >= 15 is 0 Å². The lowest BCUT2D eigenvalue weighted by molar-refractivity contribution is -0.125. The molecule has 0 heterocycles. The molecule has 3 heteroatoms. The molecule has 3 unspecified atom stereocenters. The third-order valence-electron chi connectivity index (χ3n) is 3.77. The average Bonchev–Trinajstić information content (AvgIpc) is 2.26. The summed E-state index contributed by atoms with van der Waals surface area (Å²) < 4.78 is 0. The number of carbonyl (C=O) groups excluding carboxylic acids is 1. The highest BCUT2D eigenvalue weighted by Crippen LogP contribution is 2.28. The highest BCUT2D eigenvalue weighted by Gasteiger charge is 2.24. The van der Waals surface area contributed by atoms with Crippen LogP contribution in [0.4, 0.5) is 0 Å². The second-order valence-electron chi connectivity index (χ2n) is 5.34. The van der Waals surface area contributed by atoms with Crippen molar-refractivity contribution in [3.63, 3.8) is 0 Å². The van der Waals surface area contributed by atoms with E-state index in [1.807, 2.05) is 6.92 Å². The minimum absolute atomic E-state index is 0.0948. The van der Waals surface area contributed by atoms with Crippen molar-refractivity contribution >= 4 is 17.5 Å². The third-order valence-corrected chi connectivity index (χ3v) is 4.34. The highest BCUT2D eigenvalue weighted by atomic mass is 35.5. The Morgan fingerprint density at radius 1 is 1.31 bits per heavy atom. The summed E-state index contributed by atoms with van der Waals surface area (Å²) in [5.74, 6) is 1.14. The molecule has 0 aliphatic heterocycles. The molecule has 0 radical (unpaired) electrons. The van der Waals surface area contributed by atoms with Crippen LogP contribution in [0.1, 0.15) is 46.5 Å². The van der Waals surface area contributed by atoms with Crippen molar-refractivity contribution in [1.82, 2.24) is 5.32 Å². The molecule has 0 spiro atoms. The number of amides is 1. The molecule has 16 heavy (non-hydrogen) atoms. The van der Waals surface area contributed by atoms with Gasteiger partial charge in [0.1, 0.15) is 0 Å². The molecule has 1 fully saturated rings. The van der Waals surface area contributed by atoms with Gasteiger partial charge in [0.05, 0.1) is 0 Å². The van der Waals surface area contributed by atoms with E-state index in [2.05, 4.69) is 19.2 Å². The number of halogens is 1. The first-order valence-electron chi connectivity index (χ1n) is 6.44. The molecular weight excluding hydrogens is 222 g/mol. The molecular formula is C13H24ClNO. The Bertz CT molecular complexity index is 230. The van der Waals surface area contributed by atoms with Crippen LogP contribution in [0.3, 0.4) is 0 Å². The van der Waals surface area contributed by atoms with Crippen LogP contribution in [-0.4, -0.2) is 17.8 Å². The van der Waals surface area contributed by atoms with Crippen molar-refractivity contribution in [3.05, 3.63) is 0 Å². The van der Waals surface area contributed by atoms with Gasteiger partial charge < -0.3 is 5.32 Å². The van der Waals surface area contributed by atoms with Crippen molar-refractivity contribution in [1.29, 1.82) is 0 Å². The summed E-state index contributed by atoms with van der Waals surface area (Å²) in [5.41, 5.74) is 0. The third kappa shape index (κ3) is 3.97. The van der Waals surface area contributed by atoms with E-state index in [0.717, 1.165) is 19.4 Å². The quantitative estimate of drug-likeness (QED) is 0.758. The zero-order valence-corrected chi connectivity index (χ0v) is 11.4. The second-order valence-corrected chi connectivity index (χ2v) is 5.90. The topological polar surface area (TPSA) is 29.1 Å².